The number of likely N-dealkylation sites (N-methyl/N-ethyl adjacent to an activating group) is 1. The fraction of sp³-hybridized carbons (Fsp3) is 0.308. The fourth-order valence-electron chi connectivity index (χ4n) is 1.67. The van der Waals surface area contributed by atoms with Crippen LogP contribution in [0.1, 0.15) is 20.7 Å². The highest BCUT2D eigenvalue weighted by atomic mass is 32.2. The zero-order valence-electron chi connectivity index (χ0n) is 12.6. The van der Waals surface area contributed by atoms with E-state index in [1.807, 2.05) is 0 Å². The highest BCUT2D eigenvalue weighted by Crippen LogP contribution is 2.20. The first kappa shape index (κ1) is 18.6. The zero-order valence-corrected chi connectivity index (χ0v) is 13.4. The van der Waals surface area contributed by atoms with Crippen LogP contribution in [-0.2, 0) is 24.3 Å². The van der Waals surface area contributed by atoms with Crippen molar-refractivity contribution >= 4 is 27.9 Å². The highest BCUT2D eigenvalue weighted by Gasteiger charge is 2.26. The molecule has 10 heteroatoms. The van der Waals surface area contributed by atoms with Crippen molar-refractivity contribution in [2.24, 2.45) is 0 Å². The molecule has 0 aliphatic rings. The highest BCUT2D eigenvalue weighted by molar-refractivity contribution is 7.89. The molecule has 0 aliphatic carbocycles. The van der Waals surface area contributed by atoms with Crippen molar-refractivity contribution in [2.45, 2.75) is 4.90 Å². The summed E-state index contributed by atoms with van der Waals surface area (Å²) in [6, 6.07) is 3.10. The van der Waals surface area contributed by atoms with Crippen LogP contribution in [0.15, 0.2) is 23.1 Å². The zero-order chi connectivity index (χ0) is 17.8. The smallest absolute Gasteiger partial charge is 0.337 e. The van der Waals surface area contributed by atoms with Crippen molar-refractivity contribution in [3.05, 3.63) is 29.3 Å². The molecule has 0 saturated heterocycles. The van der Waals surface area contributed by atoms with Gasteiger partial charge in [-0.25, -0.2) is 18.0 Å². The third kappa shape index (κ3) is 4.27. The van der Waals surface area contributed by atoms with E-state index in [0.717, 1.165) is 39.5 Å². The van der Waals surface area contributed by atoms with E-state index in [1.165, 1.54) is 0 Å². The number of methoxy groups -OCH3 is 2. The normalized spacial score (nSPS) is 11.1. The number of sulfonamides is 1. The summed E-state index contributed by atoms with van der Waals surface area (Å²) in [7, 11) is -0.974. The van der Waals surface area contributed by atoms with Crippen LogP contribution in [0.5, 0.6) is 0 Å². The van der Waals surface area contributed by atoms with Crippen LogP contribution in [0.4, 0.5) is 0 Å². The Bertz CT molecular complexity index is 706. The number of carboxylic acid groups (broad SMARTS) is 1. The molecule has 0 amide bonds. The van der Waals surface area contributed by atoms with Crippen LogP contribution in [-0.4, -0.2) is 63.5 Å². The number of ether oxygens (including phenoxy) is 2. The number of nitrogens with zero attached hydrogens (tertiary/aromatic N) is 1. The van der Waals surface area contributed by atoms with Gasteiger partial charge in [0.15, 0.2) is 0 Å². The lowest BCUT2D eigenvalue weighted by Gasteiger charge is -2.16. The maximum absolute atomic E-state index is 12.4. The van der Waals surface area contributed by atoms with Gasteiger partial charge in [0, 0.05) is 7.05 Å². The predicted octanol–water partition coefficient (Wildman–Crippen LogP) is -0.0351. The van der Waals surface area contributed by atoms with Crippen LogP contribution in [0.3, 0.4) is 0 Å². The van der Waals surface area contributed by atoms with Gasteiger partial charge in [-0.1, -0.05) is 0 Å². The molecule has 1 rings (SSSR count). The second-order valence-corrected chi connectivity index (χ2v) is 6.43. The average molecular weight is 345 g/mol. The summed E-state index contributed by atoms with van der Waals surface area (Å²) in [6.45, 7) is -0.779. The minimum Gasteiger partial charge on any atom is -0.480 e. The Kier molecular flexibility index (Phi) is 5.82. The fourth-order valence-corrected chi connectivity index (χ4v) is 2.87. The molecule has 1 aromatic carbocycles. The van der Waals surface area contributed by atoms with E-state index in [2.05, 4.69) is 9.47 Å². The van der Waals surface area contributed by atoms with Gasteiger partial charge in [0.25, 0.3) is 0 Å². The first-order chi connectivity index (χ1) is 10.6. The molecular weight excluding hydrogens is 330 g/mol. The van der Waals surface area contributed by atoms with Gasteiger partial charge in [0.05, 0.1) is 30.2 Å². The van der Waals surface area contributed by atoms with Crippen LogP contribution >= 0.6 is 0 Å². The maximum atomic E-state index is 12.4. The van der Waals surface area contributed by atoms with Crippen molar-refractivity contribution < 1.29 is 37.4 Å². The molecule has 0 aromatic heterocycles. The Morgan fingerprint density at radius 3 is 1.83 bits per heavy atom. The Labute approximate surface area is 132 Å². The molecule has 0 saturated carbocycles. The van der Waals surface area contributed by atoms with Crippen molar-refractivity contribution in [3.8, 4) is 0 Å². The van der Waals surface area contributed by atoms with E-state index in [-0.39, 0.29) is 11.1 Å². The average Bonchev–Trinajstić information content (AvgIpc) is 2.51. The summed E-state index contributed by atoms with van der Waals surface area (Å²) in [5.74, 6) is -3.06. The molecule has 0 unspecified atom stereocenters. The molecule has 1 N–H and O–H groups in total. The standard InChI is InChI=1S/C13H15NO8S/c1-14(7-11(15)16)23(19,20)10-5-8(12(17)21-2)4-9(6-10)13(18)22-3/h4-6H,7H2,1-3H3,(H,15,16). The summed E-state index contributed by atoms with van der Waals surface area (Å²) in [6.07, 6.45) is 0. The topological polar surface area (TPSA) is 127 Å². The van der Waals surface area contributed by atoms with Crippen LogP contribution < -0.4 is 0 Å². The van der Waals surface area contributed by atoms with Crippen molar-refractivity contribution in [2.75, 3.05) is 27.8 Å². The summed E-state index contributed by atoms with van der Waals surface area (Å²) < 4.78 is 34.3. The van der Waals surface area contributed by atoms with Gasteiger partial charge in [-0.05, 0) is 18.2 Å². The summed E-state index contributed by atoms with van der Waals surface area (Å²) in [5, 5.41) is 8.70. The maximum Gasteiger partial charge on any atom is 0.337 e. The molecule has 23 heavy (non-hydrogen) atoms. The summed E-state index contributed by atoms with van der Waals surface area (Å²) >= 11 is 0. The Morgan fingerprint density at radius 2 is 1.48 bits per heavy atom. The van der Waals surface area contributed by atoms with Gasteiger partial charge in [-0.2, -0.15) is 4.31 Å². The van der Waals surface area contributed by atoms with E-state index in [1.54, 1.807) is 0 Å². The van der Waals surface area contributed by atoms with Gasteiger partial charge in [-0.15, -0.1) is 0 Å². The number of aliphatic carboxylic acids is 1. The van der Waals surface area contributed by atoms with Gasteiger partial charge in [-0.3, -0.25) is 4.79 Å². The number of carboxylic acids is 1. The second-order valence-electron chi connectivity index (χ2n) is 4.38. The molecule has 0 spiro atoms. The molecule has 0 atom stereocenters. The van der Waals surface area contributed by atoms with Gasteiger partial charge >= 0.3 is 17.9 Å². The Morgan fingerprint density at radius 1 is 1.04 bits per heavy atom. The van der Waals surface area contributed by atoms with E-state index < -0.39 is 39.4 Å². The molecule has 9 nitrogen and oxygen atoms in total. The van der Waals surface area contributed by atoms with Crippen LogP contribution in [0, 0.1) is 0 Å². The third-order valence-electron chi connectivity index (χ3n) is 2.81. The number of carbonyl (C=O) groups excluding carboxylic acids is 2. The SMILES string of the molecule is COC(=O)c1cc(C(=O)OC)cc(S(=O)(=O)N(C)CC(=O)O)c1. The van der Waals surface area contributed by atoms with Crippen molar-refractivity contribution in [1.29, 1.82) is 0 Å². The minimum absolute atomic E-state index is 0.183. The lowest BCUT2D eigenvalue weighted by molar-refractivity contribution is -0.137. The largest absolute Gasteiger partial charge is 0.480 e. The quantitative estimate of drug-likeness (QED) is 0.712. The first-order valence-corrected chi connectivity index (χ1v) is 7.57. The number of hydrogen-bond acceptors (Lipinski definition) is 7. The second kappa shape index (κ2) is 7.20. The lowest BCUT2D eigenvalue weighted by Crippen LogP contribution is -2.32. The van der Waals surface area contributed by atoms with E-state index in [9.17, 15) is 22.8 Å². The molecule has 0 radical (unpaired) electrons. The van der Waals surface area contributed by atoms with Gasteiger partial charge < -0.3 is 14.6 Å². The summed E-state index contributed by atoms with van der Waals surface area (Å²) in [5.41, 5.74) is -0.365. The molecule has 1 aromatic rings. The molecule has 0 heterocycles. The van der Waals surface area contributed by atoms with Gasteiger partial charge in [0.2, 0.25) is 10.0 Å². The van der Waals surface area contributed by atoms with Crippen molar-refractivity contribution in [1.82, 2.24) is 4.31 Å². The number of rotatable bonds is 6. The molecular formula is C13H15NO8S. The number of benzene rings is 1. The first-order valence-electron chi connectivity index (χ1n) is 6.13. The molecule has 0 bridgehead atoms. The molecule has 126 valence electrons. The van der Waals surface area contributed by atoms with Crippen molar-refractivity contribution in [3.63, 3.8) is 0 Å². The monoisotopic (exact) mass is 345 g/mol. The van der Waals surface area contributed by atoms with E-state index >= 15 is 0 Å². The Hall–Kier alpha value is -2.46. The van der Waals surface area contributed by atoms with E-state index in [0.29, 0.717) is 4.31 Å². The lowest BCUT2D eigenvalue weighted by atomic mass is 10.1. The van der Waals surface area contributed by atoms with Gasteiger partial charge in [0.1, 0.15) is 6.54 Å². The number of hydrogen-bond donors (Lipinski definition) is 1. The number of carbonyl (C=O) groups is 3. The predicted molar refractivity (Wildman–Crippen MR) is 76.6 cm³/mol. The number of esters is 2. The van der Waals surface area contributed by atoms with Crippen LogP contribution in [0.2, 0.25) is 0 Å². The summed E-state index contributed by atoms with van der Waals surface area (Å²) in [4.78, 5) is 33.5. The van der Waals surface area contributed by atoms with E-state index in [4.69, 9.17) is 5.11 Å². The third-order valence-corrected chi connectivity index (χ3v) is 4.60. The Balaban J connectivity index is 3.47. The van der Waals surface area contributed by atoms with Crippen LogP contribution in [0.25, 0.3) is 0 Å². The molecule has 0 fully saturated rings. The minimum atomic E-state index is -4.23. The molecule has 0 aliphatic heterocycles.